The van der Waals surface area contributed by atoms with Crippen molar-refractivity contribution in [1.82, 2.24) is 5.32 Å². The summed E-state index contributed by atoms with van der Waals surface area (Å²) in [6, 6.07) is 15.5. The van der Waals surface area contributed by atoms with Crippen molar-refractivity contribution < 1.29 is 14.7 Å². The summed E-state index contributed by atoms with van der Waals surface area (Å²) in [5.74, 6) is -1.35. The van der Waals surface area contributed by atoms with Crippen LogP contribution in [0.15, 0.2) is 54.6 Å². The zero-order valence-electron chi connectivity index (χ0n) is 14.0. The van der Waals surface area contributed by atoms with Crippen LogP contribution in [0.1, 0.15) is 41.6 Å². The Labute approximate surface area is 152 Å². The van der Waals surface area contributed by atoms with E-state index in [4.69, 9.17) is 11.6 Å². The van der Waals surface area contributed by atoms with Crippen molar-refractivity contribution in [3.8, 4) is 0 Å². The van der Waals surface area contributed by atoms with Gasteiger partial charge in [-0.2, -0.15) is 0 Å². The molecule has 0 aliphatic heterocycles. The summed E-state index contributed by atoms with van der Waals surface area (Å²) >= 11 is 5.86. The highest BCUT2D eigenvalue weighted by atomic mass is 35.5. The first kappa shape index (κ1) is 19.0. The van der Waals surface area contributed by atoms with Gasteiger partial charge >= 0.3 is 5.97 Å². The maximum Gasteiger partial charge on any atom is 0.326 e. The number of hydrogen-bond acceptors (Lipinski definition) is 2. The van der Waals surface area contributed by atoms with Crippen LogP contribution in [0, 0.1) is 0 Å². The third-order valence-electron chi connectivity index (χ3n) is 4.01. The first-order chi connectivity index (χ1) is 12.1. The second-order valence-electron chi connectivity index (χ2n) is 5.96. The third kappa shape index (κ3) is 6.59. The Morgan fingerprint density at radius 1 is 0.960 bits per heavy atom. The molecule has 0 saturated carbocycles. The van der Waals surface area contributed by atoms with E-state index in [-0.39, 0.29) is 5.91 Å². The summed E-state index contributed by atoms with van der Waals surface area (Å²) in [6.07, 6.45) is 3.99. The maximum atomic E-state index is 12.1. The molecule has 0 aliphatic rings. The SMILES string of the molecule is O=C(NC(CCCCCc1ccc(Cl)cc1)C(=O)O)c1ccccc1. The van der Waals surface area contributed by atoms with Gasteiger partial charge in [-0.25, -0.2) is 4.79 Å². The topological polar surface area (TPSA) is 66.4 Å². The number of nitrogens with one attached hydrogen (secondary N) is 1. The molecule has 0 spiro atoms. The van der Waals surface area contributed by atoms with E-state index in [1.807, 2.05) is 30.3 Å². The molecule has 1 amide bonds. The molecule has 1 atom stereocenters. The van der Waals surface area contributed by atoms with Crippen molar-refractivity contribution in [3.05, 3.63) is 70.7 Å². The zero-order chi connectivity index (χ0) is 18.1. The molecule has 0 saturated heterocycles. The van der Waals surface area contributed by atoms with Gasteiger partial charge in [0.25, 0.3) is 5.91 Å². The van der Waals surface area contributed by atoms with Gasteiger partial charge in [0.1, 0.15) is 6.04 Å². The molecule has 0 aromatic heterocycles. The van der Waals surface area contributed by atoms with Crippen LogP contribution in [0.5, 0.6) is 0 Å². The summed E-state index contributed by atoms with van der Waals surface area (Å²) in [7, 11) is 0. The molecule has 0 radical (unpaired) electrons. The Morgan fingerprint density at radius 2 is 1.64 bits per heavy atom. The predicted molar refractivity (Wildman–Crippen MR) is 99.0 cm³/mol. The van der Waals surface area contributed by atoms with Crippen LogP contribution in [-0.2, 0) is 11.2 Å². The summed E-state index contributed by atoms with van der Waals surface area (Å²) in [5, 5.41) is 12.6. The molecule has 2 aromatic rings. The quantitative estimate of drug-likeness (QED) is 0.655. The molecule has 25 heavy (non-hydrogen) atoms. The fraction of sp³-hybridized carbons (Fsp3) is 0.300. The summed E-state index contributed by atoms with van der Waals surface area (Å²) in [5.41, 5.74) is 1.69. The molecule has 1 unspecified atom stereocenters. The molecular formula is C20H22ClNO3. The standard InChI is InChI=1S/C20H22ClNO3/c21-17-13-11-15(12-14-17)7-3-1-6-10-18(20(24)25)22-19(23)16-8-4-2-5-9-16/h2,4-5,8-9,11-14,18H,1,3,6-7,10H2,(H,22,23)(H,24,25). The predicted octanol–water partition coefficient (Wildman–Crippen LogP) is 4.33. The molecule has 4 nitrogen and oxygen atoms in total. The van der Waals surface area contributed by atoms with Crippen molar-refractivity contribution in [3.63, 3.8) is 0 Å². The van der Waals surface area contributed by atoms with Gasteiger partial charge in [0, 0.05) is 10.6 Å². The van der Waals surface area contributed by atoms with Crippen molar-refractivity contribution in [2.75, 3.05) is 0 Å². The second kappa shape index (κ2) is 9.84. The van der Waals surface area contributed by atoms with Crippen molar-refractivity contribution in [2.45, 2.75) is 38.1 Å². The second-order valence-corrected chi connectivity index (χ2v) is 6.39. The number of aryl methyl sites for hydroxylation is 1. The number of unbranched alkanes of at least 4 members (excludes halogenated alkanes) is 2. The highest BCUT2D eigenvalue weighted by Gasteiger charge is 2.19. The first-order valence-electron chi connectivity index (χ1n) is 8.39. The Morgan fingerprint density at radius 3 is 2.28 bits per heavy atom. The lowest BCUT2D eigenvalue weighted by Crippen LogP contribution is -2.40. The molecule has 132 valence electrons. The molecule has 5 heteroatoms. The van der Waals surface area contributed by atoms with Crippen LogP contribution in [0.4, 0.5) is 0 Å². The zero-order valence-corrected chi connectivity index (χ0v) is 14.7. The van der Waals surface area contributed by atoms with Crippen molar-refractivity contribution in [2.24, 2.45) is 0 Å². The number of aliphatic carboxylic acids is 1. The number of hydrogen-bond donors (Lipinski definition) is 2. The Kier molecular flexibility index (Phi) is 7.48. The van der Waals surface area contributed by atoms with Crippen LogP contribution in [0.25, 0.3) is 0 Å². The number of halogens is 1. The van der Waals surface area contributed by atoms with Crippen LogP contribution >= 0.6 is 11.6 Å². The average Bonchev–Trinajstić information content (AvgIpc) is 2.62. The lowest BCUT2D eigenvalue weighted by molar-refractivity contribution is -0.139. The van der Waals surface area contributed by atoms with Gasteiger partial charge in [-0.1, -0.05) is 54.8 Å². The van der Waals surface area contributed by atoms with E-state index >= 15 is 0 Å². The van der Waals surface area contributed by atoms with Crippen LogP contribution < -0.4 is 5.32 Å². The van der Waals surface area contributed by atoms with Gasteiger partial charge in [-0.05, 0) is 49.1 Å². The van der Waals surface area contributed by atoms with Crippen LogP contribution in [0.2, 0.25) is 5.02 Å². The van der Waals surface area contributed by atoms with Crippen LogP contribution in [0.3, 0.4) is 0 Å². The van der Waals surface area contributed by atoms with Gasteiger partial charge in [-0.3, -0.25) is 4.79 Å². The van der Waals surface area contributed by atoms with Gasteiger partial charge in [0.15, 0.2) is 0 Å². The Balaban J connectivity index is 1.73. The smallest absolute Gasteiger partial charge is 0.326 e. The number of rotatable bonds is 9. The van der Waals surface area contributed by atoms with E-state index in [2.05, 4.69) is 5.32 Å². The monoisotopic (exact) mass is 359 g/mol. The van der Waals surface area contributed by atoms with E-state index in [9.17, 15) is 14.7 Å². The minimum atomic E-state index is -0.998. The van der Waals surface area contributed by atoms with Gasteiger partial charge < -0.3 is 10.4 Å². The number of carboxylic acid groups (broad SMARTS) is 1. The third-order valence-corrected chi connectivity index (χ3v) is 4.26. The van der Waals surface area contributed by atoms with E-state index in [1.54, 1.807) is 24.3 Å². The number of amides is 1. The van der Waals surface area contributed by atoms with E-state index < -0.39 is 12.0 Å². The fourth-order valence-electron chi connectivity index (χ4n) is 2.59. The number of carbonyl (C=O) groups is 2. The molecular weight excluding hydrogens is 338 g/mol. The highest BCUT2D eigenvalue weighted by Crippen LogP contribution is 2.13. The Hall–Kier alpha value is -2.33. The number of carbonyl (C=O) groups excluding carboxylic acids is 1. The Bertz CT molecular complexity index is 686. The largest absolute Gasteiger partial charge is 0.480 e. The summed E-state index contributed by atoms with van der Waals surface area (Å²) in [4.78, 5) is 23.4. The summed E-state index contributed by atoms with van der Waals surface area (Å²) < 4.78 is 0. The summed E-state index contributed by atoms with van der Waals surface area (Å²) in [6.45, 7) is 0. The number of benzene rings is 2. The van der Waals surface area contributed by atoms with E-state index in [1.165, 1.54) is 5.56 Å². The average molecular weight is 360 g/mol. The molecule has 2 N–H and O–H groups in total. The normalized spacial score (nSPS) is 11.7. The van der Waals surface area contributed by atoms with Gasteiger partial charge in [0.05, 0.1) is 0 Å². The molecule has 0 bridgehead atoms. The molecule has 0 heterocycles. The maximum absolute atomic E-state index is 12.1. The molecule has 0 aliphatic carbocycles. The lowest BCUT2D eigenvalue weighted by Gasteiger charge is -2.14. The molecule has 2 aromatic carbocycles. The first-order valence-corrected chi connectivity index (χ1v) is 8.77. The molecule has 2 rings (SSSR count). The number of carboxylic acids is 1. The molecule has 0 fully saturated rings. The van der Waals surface area contributed by atoms with Crippen molar-refractivity contribution in [1.29, 1.82) is 0 Å². The van der Waals surface area contributed by atoms with Crippen molar-refractivity contribution >= 4 is 23.5 Å². The fourth-order valence-corrected chi connectivity index (χ4v) is 2.72. The van der Waals surface area contributed by atoms with Gasteiger partial charge in [-0.15, -0.1) is 0 Å². The van der Waals surface area contributed by atoms with E-state index in [0.29, 0.717) is 12.0 Å². The van der Waals surface area contributed by atoms with E-state index in [0.717, 1.165) is 30.7 Å². The van der Waals surface area contributed by atoms with Gasteiger partial charge in [0.2, 0.25) is 0 Å². The minimum absolute atomic E-state index is 0.353. The van der Waals surface area contributed by atoms with Crippen LogP contribution in [-0.4, -0.2) is 23.0 Å². The minimum Gasteiger partial charge on any atom is -0.480 e. The highest BCUT2D eigenvalue weighted by molar-refractivity contribution is 6.30. The lowest BCUT2D eigenvalue weighted by atomic mass is 10.0.